The predicted octanol–water partition coefficient (Wildman–Crippen LogP) is 0.474. The molecule has 2 rings (SSSR count). The lowest BCUT2D eigenvalue weighted by atomic mass is 9.97. The molecule has 0 bridgehead atoms. The first kappa shape index (κ1) is 18.6. The first-order chi connectivity index (χ1) is 11.4. The molecule has 0 radical (unpaired) electrons. The number of carbonyl (C=O) groups is 4. The molecule has 0 aromatic rings. The van der Waals surface area contributed by atoms with Crippen LogP contribution < -0.4 is 5.32 Å². The molecular formula is C17H27N3O4. The molecule has 2 atom stereocenters. The quantitative estimate of drug-likeness (QED) is 0.683. The minimum absolute atomic E-state index is 0.0864. The van der Waals surface area contributed by atoms with Crippen molar-refractivity contribution in [1.82, 2.24) is 15.1 Å². The molecule has 0 aliphatic carbocycles. The van der Waals surface area contributed by atoms with Gasteiger partial charge >= 0.3 is 0 Å². The second kappa shape index (κ2) is 8.37. The fourth-order valence-corrected chi connectivity index (χ4v) is 3.40. The van der Waals surface area contributed by atoms with E-state index in [0.29, 0.717) is 18.6 Å². The number of nitrogens with zero attached hydrogens (tertiary/aromatic N) is 2. The molecule has 2 aliphatic heterocycles. The molecule has 2 saturated heterocycles. The fraction of sp³-hybridized carbons (Fsp3) is 0.765. The highest BCUT2D eigenvalue weighted by molar-refractivity contribution is 6.04. The summed E-state index contributed by atoms with van der Waals surface area (Å²) in [5, 5.41) is 2.76. The van der Waals surface area contributed by atoms with E-state index in [1.807, 2.05) is 0 Å². The van der Waals surface area contributed by atoms with Crippen molar-refractivity contribution < 1.29 is 19.2 Å². The summed E-state index contributed by atoms with van der Waals surface area (Å²) >= 11 is 0. The number of piperidine rings is 1. The van der Waals surface area contributed by atoms with E-state index < -0.39 is 0 Å². The summed E-state index contributed by atoms with van der Waals surface area (Å²) in [6.07, 6.45) is 3.92. The molecule has 0 aromatic heterocycles. The molecule has 7 nitrogen and oxygen atoms in total. The average molecular weight is 337 g/mol. The van der Waals surface area contributed by atoms with Gasteiger partial charge < -0.3 is 5.32 Å². The number of rotatable bonds is 7. The molecular weight excluding hydrogens is 310 g/mol. The number of hydrogen-bond donors (Lipinski definition) is 1. The van der Waals surface area contributed by atoms with Crippen molar-refractivity contribution in [1.29, 1.82) is 0 Å². The van der Waals surface area contributed by atoms with Crippen LogP contribution in [0.15, 0.2) is 0 Å². The second-order valence-electron chi connectivity index (χ2n) is 6.81. The van der Waals surface area contributed by atoms with Crippen LogP contribution in [0.2, 0.25) is 0 Å². The lowest BCUT2D eigenvalue weighted by Gasteiger charge is -2.38. The van der Waals surface area contributed by atoms with Crippen molar-refractivity contribution >= 4 is 23.5 Å². The molecule has 0 saturated carbocycles. The highest BCUT2D eigenvalue weighted by Gasteiger charge is 2.30. The molecule has 1 N–H and O–H groups in total. The van der Waals surface area contributed by atoms with Crippen LogP contribution in [0.1, 0.15) is 52.4 Å². The average Bonchev–Trinajstić information content (AvgIpc) is 2.83. The minimum atomic E-state index is -0.287. The Kier molecular flexibility index (Phi) is 6.48. The van der Waals surface area contributed by atoms with Gasteiger partial charge in [0.1, 0.15) is 0 Å². The lowest BCUT2D eigenvalue weighted by Crippen LogP contribution is -2.49. The second-order valence-corrected chi connectivity index (χ2v) is 6.81. The molecule has 0 spiro atoms. The SMILES string of the molecule is CC1CCCC(C)N1CC(=O)NCCC(=O)CN1C(=O)CCC1=O. The Balaban J connectivity index is 1.67. The van der Waals surface area contributed by atoms with Crippen LogP contribution in [-0.4, -0.2) is 65.0 Å². The van der Waals surface area contributed by atoms with Gasteiger partial charge in [-0.15, -0.1) is 0 Å². The Labute approximate surface area is 142 Å². The van der Waals surface area contributed by atoms with Gasteiger partial charge in [0.05, 0.1) is 13.1 Å². The van der Waals surface area contributed by atoms with Gasteiger partial charge in [-0.25, -0.2) is 0 Å². The predicted molar refractivity (Wildman–Crippen MR) is 88.1 cm³/mol. The van der Waals surface area contributed by atoms with Crippen LogP contribution in [-0.2, 0) is 19.2 Å². The molecule has 2 heterocycles. The van der Waals surface area contributed by atoms with Crippen LogP contribution in [0, 0.1) is 0 Å². The maximum absolute atomic E-state index is 12.0. The number of nitrogens with one attached hydrogen (secondary N) is 1. The summed E-state index contributed by atoms with van der Waals surface area (Å²) < 4.78 is 0. The van der Waals surface area contributed by atoms with Crippen molar-refractivity contribution in [3.8, 4) is 0 Å². The van der Waals surface area contributed by atoms with E-state index in [1.165, 1.54) is 6.42 Å². The summed E-state index contributed by atoms with van der Waals surface area (Å²) in [7, 11) is 0. The van der Waals surface area contributed by atoms with Crippen LogP contribution >= 0.6 is 0 Å². The highest BCUT2D eigenvalue weighted by Crippen LogP contribution is 2.21. The number of ketones is 1. The van der Waals surface area contributed by atoms with E-state index in [-0.39, 0.29) is 55.9 Å². The van der Waals surface area contributed by atoms with E-state index in [2.05, 4.69) is 24.1 Å². The Morgan fingerprint density at radius 2 is 1.62 bits per heavy atom. The van der Waals surface area contributed by atoms with Gasteiger partial charge in [0.25, 0.3) is 0 Å². The van der Waals surface area contributed by atoms with Gasteiger partial charge in [-0.3, -0.25) is 29.0 Å². The van der Waals surface area contributed by atoms with Crippen molar-refractivity contribution in [2.24, 2.45) is 0 Å². The number of Topliss-reactive ketones (excluding diaryl/α,β-unsaturated/α-hetero) is 1. The Morgan fingerprint density at radius 3 is 2.21 bits per heavy atom. The van der Waals surface area contributed by atoms with E-state index in [9.17, 15) is 19.2 Å². The van der Waals surface area contributed by atoms with Gasteiger partial charge in [0.15, 0.2) is 5.78 Å². The lowest BCUT2D eigenvalue weighted by molar-refractivity contribution is -0.142. The van der Waals surface area contributed by atoms with E-state index >= 15 is 0 Å². The standard InChI is InChI=1S/C17H27N3O4/c1-12-4-3-5-13(2)19(12)11-15(22)18-9-8-14(21)10-20-16(23)6-7-17(20)24/h12-13H,3-11H2,1-2H3,(H,18,22). The summed E-state index contributed by atoms with van der Waals surface area (Å²) in [6, 6.07) is 0.793. The van der Waals surface area contributed by atoms with Gasteiger partial charge in [-0.05, 0) is 26.7 Å². The Morgan fingerprint density at radius 1 is 1.04 bits per heavy atom. The summed E-state index contributed by atoms with van der Waals surface area (Å²) in [6.45, 7) is 4.69. The normalized spacial score (nSPS) is 25.2. The zero-order valence-corrected chi connectivity index (χ0v) is 14.5. The molecule has 3 amide bonds. The molecule has 2 fully saturated rings. The first-order valence-corrected chi connectivity index (χ1v) is 8.76. The largest absolute Gasteiger partial charge is 0.355 e. The number of amides is 3. The van der Waals surface area contributed by atoms with E-state index in [0.717, 1.165) is 17.7 Å². The third kappa shape index (κ3) is 4.87. The van der Waals surface area contributed by atoms with Crippen molar-refractivity contribution in [3.63, 3.8) is 0 Å². The number of carbonyl (C=O) groups excluding carboxylic acids is 4. The molecule has 134 valence electrons. The fourth-order valence-electron chi connectivity index (χ4n) is 3.40. The topological polar surface area (TPSA) is 86.8 Å². The van der Waals surface area contributed by atoms with E-state index in [4.69, 9.17) is 0 Å². The number of likely N-dealkylation sites (tertiary alicyclic amines) is 2. The molecule has 24 heavy (non-hydrogen) atoms. The van der Waals surface area contributed by atoms with Gasteiger partial charge in [-0.1, -0.05) is 6.42 Å². The molecule has 7 heteroatoms. The van der Waals surface area contributed by atoms with Gasteiger partial charge in [0.2, 0.25) is 17.7 Å². The maximum Gasteiger partial charge on any atom is 0.234 e. The van der Waals surface area contributed by atoms with Crippen molar-refractivity contribution in [3.05, 3.63) is 0 Å². The monoisotopic (exact) mass is 337 g/mol. The van der Waals surface area contributed by atoms with Crippen molar-refractivity contribution in [2.75, 3.05) is 19.6 Å². The molecule has 2 aliphatic rings. The molecule has 2 unspecified atom stereocenters. The Hall–Kier alpha value is -1.76. The first-order valence-electron chi connectivity index (χ1n) is 8.76. The summed E-state index contributed by atoms with van der Waals surface area (Å²) in [4.78, 5) is 50.0. The summed E-state index contributed by atoms with van der Waals surface area (Å²) in [5.41, 5.74) is 0. The number of imide groups is 1. The van der Waals surface area contributed by atoms with Gasteiger partial charge in [0, 0.05) is 37.9 Å². The van der Waals surface area contributed by atoms with Crippen LogP contribution in [0.25, 0.3) is 0 Å². The Bertz CT molecular complexity index is 494. The van der Waals surface area contributed by atoms with E-state index in [1.54, 1.807) is 0 Å². The number of hydrogen-bond acceptors (Lipinski definition) is 5. The zero-order valence-electron chi connectivity index (χ0n) is 14.5. The highest BCUT2D eigenvalue weighted by atomic mass is 16.2. The van der Waals surface area contributed by atoms with Crippen LogP contribution in [0.5, 0.6) is 0 Å². The smallest absolute Gasteiger partial charge is 0.234 e. The van der Waals surface area contributed by atoms with Gasteiger partial charge in [-0.2, -0.15) is 0 Å². The third-order valence-electron chi connectivity index (χ3n) is 4.92. The summed E-state index contributed by atoms with van der Waals surface area (Å²) in [5.74, 6) is -0.869. The zero-order chi connectivity index (χ0) is 17.7. The van der Waals surface area contributed by atoms with Crippen molar-refractivity contribution in [2.45, 2.75) is 64.5 Å². The third-order valence-corrected chi connectivity index (χ3v) is 4.92. The maximum atomic E-state index is 12.0. The van der Waals surface area contributed by atoms with Crippen LogP contribution in [0.4, 0.5) is 0 Å². The minimum Gasteiger partial charge on any atom is -0.355 e. The van der Waals surface area contributed by atoms with Crippen LogP contribution in [0.3, 0.4) is 0 Å². The molecule has 0 aromatic carbocycles.